The quantitative estimate of drug-likeness (QED) is 0.145. The number of nitrogens with zero attached hydrogens (tertiary/aromatic N) is 6. The molecule has 14 heteroatoms. The number of amides is 2. The molecule has 1 aliphatic rings. The molecule has 5 heterocycles. The molecule has 0 aliphatic carbocycles. The van der Waals surface area contributed by atoms with Gasteiger partial charge in [-0.1, -0.05) is 23.7 Å². The van der Waals surface area contributed by atoms with E-state index in [4.69, 9.17) is 16.6 Å². The Hall–Kier alpha value is -4.43. The van der Waals surface area contributed by atoms with Crippen LogP contribution in [0.2, 0.25) is 5.02 Å². The molecule has 1 atom stereocenters. The number of aliphatic imine (C=N–C) groups is 1. The third-order valence-electron chi connectivity index (χ3n) is 8.15. The third-order valence-corrected chi connectivity index (χ3v) is 10.8. The predicted molar refractivity (Wildman–Crippen MR) is 194 cm³/mol. The fourth-order valence-corrected chi connectivity index (χ4v) is 7.99. The molecular weight excluding hydrogens is 684 g/mol. The summed E-state index contributed by atoms with van der Waals surface area (Å²) in [6.07, 6.45) is 3.94. The summed E-state index contributed by atoms with van der Waals surface area (Å²) in [5.41, 5.74) is 5.35. The molecule has 4 aromatic heterocycles. The smallest absolute Gasteiger partial charge is 0.252 e. The minimum atomic E-state index is -0.617. The predicted octanol–water partition coefficient (Wildman–Crippen LogP) is 7.09. The van der Waals surface area contributed by atoms with Gasteiger partial charge in [0, 0.05) is 67.7 Å². The maximum atomic E-state index is 13.7. The minimum absolute atomic E-state index is 0.0158. The summed E-state index contributed by atoms with van der Waals surface area (Å²) in [5.74, 6) is 0.810. The number of aromatic nitrogens is 5. The van der Waals surface area contributed by atoms with E-state index in [-0.39, 0.29) is 18.2 Å². The van der Waals surface area contributed by atoms with Crippen LogP contribution in [0, 0.1) is 20.8 Å². The van der Waals surface area contributed by atoms with Crippen molar-refractivity contribution in [3.8, 4) is 5.00 Å². The van der Waals surface area contributed by atoms with E-state index in [0.717, 1.165) is 38.2 Å². The Morgan fingerprint density at radius 2 is 1.88 bits per heavy atom. The standard InChI is InChI=1S/C34H29ClN8O2S3/c1-17-18(2)48-34-29(17)31(20-4-6-23(35)7-5-20)40-25(32-42-41-19(3)43(32)34)15-27(44)39-24-13-21-12-22(16-38-30(21)26(46)14-24)33(45)37-9-8-28-36-10-11-47-28/h4-7,10-14,16,25,46H,8-9,15H2,1-3H3,(H,37,45)(H,39,44)/t25-/m0/s1. The lowest BCUT2D eigenvalue weighted by molar-refractivity contribution is -0.116. The van der Waals surface area contributed by atoms with Crippen LogP contribution in [-0.2, 0) is 11.2 Å². The summed E-state index contributed by atoms with van der Waals surface area (Å²) in [5, 5.41) is 20.0. The van der Waals surface area contributed by atoms with Crippen molar-refractivity contribution in [3.05, 3.63) is 109 Å². The van der Waals surface area contributed by atoms with Crippen LogP contribution in [0.15, 0.2) is 70.1 Å². The first kappa shape index (κ1) is 32.1. The van der Waals surface area contributed by atoms with Gasteiger partial charge >= 0.3 is 0 Å². The zero-order valence-electron chi connectivity index (χ0n) is 26.1. The van der Waals surface area contributed by atoms with Crippen molar-refractivity contribution in [1.29, 1.82) is 0 Å². The molecule has 0 fully saturated rings. The van der Waals surface area contributed by atoms with Crippen LogP contribution in [0.4, 0.5) is 5.69 Å². The van der Waals surface area contributed by atoms with Crippen molar-refractivity contribution in [2.75, 3.05) is 11.9 Å². The third kappa shape index (κ3) is 6.26. The number of benzene rings is 2. The maximum absolute atomic E-state index is 13.7. The van der Waals surface area contributed by atoms with Crippen LogP contribution in [0.1, 0.15) is 61.0 Å². The molecule has 10 nitrogen and oxygen atoms in total. The van der Waals surface area contributed by atoms with E-state index < -0.39 is 6.04 Å². The molecule has 6 aromatic rings. The van der Waals surface area contributed by atoms with Crippen molar-refractivity contribution < 1.29 is 9.59 Å². The van der Waals surface area contributed by atoms with Crippen LogP contribution >= 0.6 is 46.9 Å². The molecular formula is C34H29ClN8O2S3. The van der Waals surface area contributed by atoms with Gasteiger partial charge in [-0.15, -0.1) is 45.5 Å². The molecule has 2 aromatic carbocycles. The van der Waals surface area contributed by atoms with Gasteiger partial charge in [0.05, 0.1) is 28.2 Å². The number of anilines is 1. The first-order valence-electron chi connectivity index (χ1n) is 15.1. The van der Waals surface area contributed by atoms with Gasteiger partial charge in [-0.2, -0.15) is 0 Å². The number of halogens is 1. The van der Waals surface area contributed by atoms with Crippen LogP contribution < -0.4 is 10.6 Å². The molecule has 0 saturated heterocycles. The van der Waals surface area contributed by atoms with Gasteiger partial charge in [-0.3, -0.25) is 24.1 Å². The number of hydrogen-bond donors (Lipinski definition) is 3. The highest BCUT2D eigenvalue weighted by atomic mass is 35.5. The second-order valence-electron chi connectivity index (χ2n) is 11.4. The van der Waals surface area contributed by atoms with E-state index in [9.17, 15) is 9.59 Å². The fraction of sp³-hybridized carbons (Fsp3) is 0.206. The highest BCUT2D eigenvalue weighted by Crippen LogP contribution is 2.40. The first-order chi connectivity index (χ1) is 23.2. The second-order valence-corrected chi connectivity index (χ2v) is 14.5. The molecule has 242 valence electrons. The number of pyridine rings is 1. The minimum Gasteiger partial charge on any atom is -0.352 e. The Kier molecular flexibility index (Phi) is 8.86. The topological polar surface area (TPSA) is 127 Å². The summed E-state index contributed by atoms with van der Waals surface area (Å²) in [4.78, 5) is 42.2. The summed E-state index contributed by atoms with van der Waals surface area (Å²) >= 11 is 14.1. The lowest BCUT2D eigenvalue weighted by Crippen LogP contribution is -2.25. The SMILES string of the molecule is Cc1sc2c(c1C)C(c1ccc(Cl)cc1)=N[C@@H](CC(=O)Nc1cc(S)c3ncc(C(=O)NCCc4nccs4)cc3c1)c1nnc(C)n1-2. The Labute approximate surface area is 294 Å². The molecule has 1 aliphatic heterocycles. The maximum Gasteiger partial charge on any atom is 0.252 e. The number of hydrogen-bond acceptors (Lipinski definition) is 10. The van der Waals surface area contributed by atoms with Crippen LogP contribution in [0.5, 0.6) is 0 Å². The average Bonchev–Trinajstić information content (AvgIpc) is 3.77. The number of nitrogens with one attached hydrogen (secondary N) is 2. The van der Waals surface area contributed by atoms with Gasteiger partial charge < -0.3 is 10.6 Å². The summed E-state index contributed by atoms with van der Waals surface area (Å²) in [6.45, 7) is 6.54. The Balaban J connectivity index is 1.16. The van der Waals surface area contributed by atoms with Crippen molar-refractivity contribution in [2.24, 2.45) is 4.99 Å². The summed E-state index contributed by atoms with van der Waals surface area (Å²) in [7, 11) is 0. The van der Waals surface area contributed by atoms with Crippen molar-refractivity contribution in [1.82, 2.24) is 30.0 Å². The fourth-order valence-electron chi connectivity index (χ4n) is 5.71. The lowest BCUT2D eigenvalue weighted by Gasteiger charge is -2.14. The van der Waals surface area contributed by atoms with E-state index in [1.165, 1.54) is 11.1 Å². The monoisotopic (exact) mass is 712 g/mol. The van der Waals surface area contributed by atoms with E-state index in [0.29, 0.717) is 50.9 Å². The highest BCUT2D eigenvalue weighted by molar-refractivity contribution is 7.80. The molecule has 2 amide bonds. The Morgan fingerprint density at radius 1 is 1.06 bits per heavy atom. The number of fused-ring (bicyclic) bond motifs is 4. The molecule has 48 heavy (non-hydrogen) atoms. The Morgan fingerprint density at radius 3 is 2.65 bits per heavy atom. The summed E-state index contributed by atoms with van der Waals surface area (Å²) in [6, 6.07) is 12.2. The van der Waals surface area contributed by atoms with Gasteiger partial charge in [0.1, 0.15) is 16.9 Å². The number of carbonyl (C=O) groups is 2. The van der Waals surface area contributed by atoms with E-state index >= 15 is 0 Å². The number of rotatable bonds is 8. The molecule has 0 bridgehead atoms. The van der Waals surface area contributed by atoms with Crippen molar-refractivity contribution in [2.45, 2.75) is 44.6 Å². The number of aryl methyl sites for hydroxylation is 2. The largest absolute Gasteiger partial charge is 0.352 e. The lowest BCUT2D eigenvalue weighted by atomic mass is 9.99. The Bertz CT molecular complexity index is 2230. The average molecular weight is 713 g/mol. The van der Waals surface area contributed by atoms with Crippen molar-refractivity contribution in [3.63, 3.8) is 0 Å². The van der Waals surface area contributed by atoms with E-state index in [1.807, 2.05) is 41.1 Å². The number of thiazole rings is 1. The van der Waals surface area contributed by atoms with E-state index in [2.05, 4.69) is 57.3 Å². The number of carbonyl (C=O) groups excluding carboxylic acids is 2. The zero-order valence-corrected chi connectivity index (χ0v) is 29.4. The van der Waals surface area contributed by atoms with Crippen molar-refractivity contribution >= 4 is 81.0 Å². The van der Waals surface area contributed by atoms with Gasteiger partial charge in [0.15, 0.2) is 5.82 Å². The molecule has 2 N–H and O–H groups in total. The van der Waals surface area contributed by atoms with Gasteiger partial charge in [0.2, 0.25) is 5.91 Å². The molecule has 0 spiro atoms. The molecule has 7 rings (SSSR count). The van der Waals surface area contributed by atoms with E-state index in [1.54, 1.807) is 47.1 Å². The van der Waals surface area contributed by atoms with Crippen LogP contribution in [0.3, 0.4) is 0 Å². The number of thiophene rings is 1. The summed E-state index contributed by atoms with van der Waals surface area (Å²) < 4.78 is 2.02. The highest BCUT2D eigenvalue weighted by Gasteiger charge is 2.32. The van der Waals surface area contributed by atoms with Gasteiger partial charge in [0.25, 0.3) is 5.91 Å². The van der Waals surface area contributed by atoms with Crippen LogP contribution in [0.25, 0.3) is 15.9 Å². The molecule has 0 radical (unpaired) electrons. The first-order valence-corrected chi connectivity index (χ1v) is 17.6. The zero-order chi connectivity index (χ0) is 33.5. The van der Waals surface area contributed by atoms with Crippen LogP contribution in [-0.4, -0.2) is 48.8 Å². The van der Waals surface area contributed by atoms with Gasteiger partial charge in [-0.25, -0.2) is 4.98 Å². The molecule has 0 unspecified atom stereocenters. The molecule has 0 saturated carbocycles. The number of thiol groups is 1. The normalized spacial score (nSPS) is 13.9. The van der Waals surface area contributed by atoms with Gasteiger partial charge in [-0.05, 0) is 56.7 Å². The second kappa shape index (κ2) is 13.2.